The van der Waals surface area contributed by atoms with E-state index in [1.54, 1.807) is 7.11 Å². The lowest BCUT2D eigenvalue weighted by Crippen LogP contribution is -2.03. The van der Waals surface area contributed by atoms with Gasteiger partial charge in [0.1, 0.15) is 5.75 Å². The third kappa shape index (κ3) is 3.89. The van der Waals surface area contributed by atoms with Gasteiger partial charge in [0.05, 0.1) is 6.61 Å². The van der Waals surface area contributed by atoms with E-state index in [0.29, 0.717) is 0 Å². The summed E-state index contributed by atoms with van der Waals surface area (Å²) in [6.07, 6.45) is 5.20. The Bertz CT molecular complexity index is 379. The Morgan fingerprint density at radius 2 is 2.28 bits per heavy atom. The summed E-state index contributed by atoms with van der Waals surface area (Å²) in [7, 11) is 1.73. The molecule has 18 heavy (non-hydrogen) atoms. The van der Waals surface area contributed by atoms with Crippen molar-refractivity contribution in [2.24, 2.45) is 0 Å². The van der Waals surface area contributed by atoms with Gasteiger partial charge in [-0.2, -0.15) is 0 Å². The van der Waals surface area contributed by atoms with Crippen LogP contribution < -0.4 is 4.74 Å². The van der Waals surface area contributed by atoms with Crippen molar-refractivity contribution in [2.75, 3.05) is 20.3 Å². The Balaban J connectivity index is 1.76. The molecular weight excluding hydrogens is 248 g/mol. The fraction of sp³-hybridized carbons (Fsp3) is 0.600. The molecule has 1 heterocycles. The molecule has 1 aromatic rings. The van der Waals surface area contributed by atoms with Gasteiger partial charge in [-0.1, -0.05) is 12.1 Å². The number of fused-ring (bicyclic) bond motifs is 1. The van der Waals surface area contributed by atoms with Gasteiger partial charge in [-0.3, -0.25) is 0 Å². The summed E-state index contributed by atoms with van der Waals surface area (Å²) in [6, 6.07) is 6.51. The average Bonchev–Trinajstić information content (AvgIpc) is 2.84. The summed E-state index contributed by atoms with van der Waals surface area (Å²) >= 11 is 6.30. The molecule has 2 rings (SSSR count). The number of benzene rings is 1. The Kier molecular flexibility index (Phi) is 5.33. The van der Waals surface area contributed by atoms with Crippen LogP contribution in [0.1, 0.15) is 30.4 Å². The number of hydrogen-bond acceptors (Lipinski definition) is 2. The zero-order valence-corrected chi connectivity index (χ0v) is 11.7. The van der Waals surface area contributed by atoms with E-state index in [1.165, 1.54) is 11.1 Å². The second kappa shape index (κ2) is 7.01. The zero-order chi connectivity index (χ0) is 12.8. The third-order valence-electron chi connectivity index (χ3n) is 3.37. The molecule has 0 amide bonds. The molecule has 0 aliphatic carbocycles. The summed E-state index contributed by atoms with van der Waals surface area (Å²) in [5.74, 6) is 1.06. The minimum atomic E-state index is 0.254. The number of ether oxygens (including phenoxy) is 2. The molecule has 2 nitrogen and oxygen atoms in total. The molecular formula is C15H21ClO2. The topological polar surface area (TPSA) is 18.5 Å². The number of rotatable bonds is 7. The number of halogens is 1. The Labute approximate surface area is 114 Å². The van der Waals surface area contributed by atoms with E-state index in [1.807, 2.05) is 0 Å². The molecule has 100 valence electrons. The van der Waals surface area contributed by atoms with Crippen LogP contribution in [0.5, 0.6) is 5.75 Å². The molecule has 0 N–H and O–H groups in total. The van der Waals surface area contributed by atoms with Gasteiger partial charge in [0.15, 0.2) is 0 Å². The fourth-order valence-electron chi connectivity index (χ4n) is 2.31. The van der Waals surface area contributed by atoms with Crippen molar-refractivity contribution in [3.8, 4) is 5.75 Å². The van der Waals surface area contributed by atoms with Crippen molar-refractivity contribution in [1.29, 1.82) is 0 Å². The van der Waals surface area contributed by atoms with Crippen molar-refractivity contribution < 1.29 is 9.47 Å². The molecule has 3 heteroatoms. The van der Waals surface area contributed by atoms with Gasteiger partial charge >= 0.3 is 0 Å². The van der Waals surface area contributed by atoms with Crippen LogP contribution in [0.2, 0.25) is 0 Å². The SMILES string of the molecule is COCCCC(Cl)CCc1ccc2c(c1)CCO2. The summed E-state index contributed by atoms with van der Waals surface area (Å²) in [5.41, 5.74) is 2.72. The Morgan fingerprint density at radius 3 is 3.11 bits per heavy atom. The van der Waals surface area contributed by atoms with Crippen molar-refractivity contribution in [3.63, 3.8) is 0 Å². The molecule has 0 saturated carbocycles. The van der Waals surface area contributed by atoms with Crippen LogP contribution >= 0.6 is 11.6 Å². The summed E-state index contributed by atoms with van der Waals surface area (Å²) in [4.78, 5) is 0. The van der Waals surface area contributed by atoms with Crippen LogP contribution in [0.4, 0.5) is 0 Å². The summed E-state index contributed by atoms with van der Waals surface area (Å²) in [6.45, 7) is 1.63. The number of aryl methyl sites for hydroxylation is 1. The van der Waals surface area contributed by atoms with E-state index in [-0.39, 0.29) is 5.38 Å². The van der Waals surface area contributed by atoms with Gasteiger partial charge in [-0.15, -0.1) is 11.6 Å². The first-order valence-corrected chi connectivity index (χ1v) is 7.11. The molecule has 0 fully saturated rings. The molecule has 0 bridgehead atoms. The first kappa shape index (κ1) is 13.7. The van der Waals surface area contributed by atoms with Crippen LogP contribution in [-0.2, 0) is 17.6 Å². The molecule has 1 unspecified atom stereocenters. The lowest BCUT2D eigenvalue weighted by molar-refractivity contribution is 0.192. The van der Waals surface area contributed by atoms with E-state index in [9.17, 15) is 0 Å². The van der Waals surface area contributed by atoms with Crippen LogP contribution in [0.3, 0.4) is 0 Å². The van der Waals surface area contributed by atoms with Crippen LogP contribution in [0.25, 0.3) is 0 Å². The van der Waals surface area contributed by atoms with Crippen molar-refractivity contribution in [2.45, 2.75) is 37.5 Å². The maximum absolute atomic E-state index is 6.30. The van der Waals surface area contributed by atoms with Gasteiger partial charge in [0.25, 0.3) is 0 Å². The van der Waals surface area contributed by atoms with Gasteiger partial charge in [0, 0.05) is 25.5 Å². The molecule has 0 aromatic heterocycles. The first-order chi connectivity index (χ1) is 8.79. The van der Waals surface area contributed by atoms with Gasteiger partial charge in [-0.25, -0.2) is 0 Å². The van der Waals surface area contributed by atoms with Crippen molar-refractivity contribution in [1.82, 2.24) is 0 Å². The van der Waals surface area contributed by atoms with Crippen LogP contribution in [0.15, 0.2) is 18.2 Å². The quantitative estimate of drug-likeness (QED) is 0.556. The maximum atomic E-state index is 6.30. The molecule has 1 atom stereocenters. The van der Waals surface area contributed by atoms with Gasteiger partial charge in [-0.05, 0) is 42.9 Å². The number of alkyl halides is 1. The molecule has 0 radical (unpaired) electrons. The third-order valence-corrected chi connectivity index (χ3v) is 3.80. The molecule has 0 saturated heterocycles. The highest BCUT2D eigenvalue weighted by atomic mass is 35.5. The van der Waals surface area contributed by atoms with Crippen LogP contribution in [-0.4, -0.2) is 25.7 Å². The summed E-state index contributed by atoms with van der Waals surface area (Å²) in [5, 5.41) is 0.254. The highest BCUT2D eigenvalue weighted by Crippen LogP contribution is 2.26. The fourth-order valence-corrected chi connectivity index (χ4v) is 2.58. The molecule has 1 aliphatic heterocycles. The minimum Gasteiger partial charge on any atom is -0.493 e. The van der Waals surface area contributed by atoms with Gasteiger partial charge in [0.2, 0.25) is 0 Å². The predicted molar refractivity (Wildman–Crippen MR) is 74.7 cm³/mol. The van der Waals surface area contributed by atoms with Crippen LogP contribution in [0, 0.1) is 0 Å². The highest BCUT2D eigenvalue weighted by Gasteiger charge is 2.12. The number of methoxy groups -OCH3 is 1. The van der Waals surface area contributed by atoms with Gasteiger partial charge < -0.3 is 9.47 Å². The van der Waals surface area contributed by atoms with Crippen molar-refractivity contribution in [3.05, 3.63) is 29.3 Å². The zero-order valence-electron chi connectivity index (χ0n) is 11.0. The molecule has 0 spiro atoms. The average molecular weight is 269 g/mol. The minimum absolute atomic E-state index is 0.254. The van der Waals surface area contributed by atoms with E-state index >= 15 is 0 Å². The molecule has 1 aromatic carbocycles. The largest absolute Gasteiger partial charge is 0.493 e. The number of hydrogen-bond donors (Lipinski definition) is 0. The first-order valence-electron chi connectivity index (χ1n) is 6.67. The Hall–Kier alpha value is -0.730. The monoisotopic (exact) mass is 268 g/mol. The van der Waals surface area contributed by atoms with E-state index in [0.717, 1.165) is 51.1 Å². The molecule has 1 aliphatic rings. The van der Waals surface area contributed by atoms with E-state index in [4.69, 9.17) is 21.1 Å². The lowest BCUT2D eigenvalue weighted by Gasteiger charge is -2.09. The predicted octanol–water partition coefficient (Wildman–Crippen LogP) is 3.59. The highest BCUT2D eigenvalue weighted by molar-refractivity contribution is 6.20. The maximum Gasteiger partial charge on any atom is 0.122 e. The smallest absolute Gasteiger partial charge is 0.122 e. The van der Waals surface area contributed by atoms with E-state index < -0.39 is 0 Å². The lowest BCUT2D eigenvalue weighted by atomic mass is 10.0. The van der Waals surface area contributed by atoms with Crippen molar-refractivity contribution >= 4 is 11.6 Å². The summed E-state index contributed by atoms with van der Waals surface area (Å²) < 4.78 is 10.5. The normalized spacial score (nSPS) is 15.2. The van der Waals surface area contributed by atoms with E-state index in [2.05, 4.69) is 18.2 Å². The standard InChI is InChI=1S/C15H21ClO2/c1-17-9-2-3-14(16)6-4-12-5-7-15-13(11-12)8-10-18-15/h5,7,11,14H,2-4,6,8-10H2,1H3. The Morgan fingerprint density at radius 1 is 1.39 bits per heavy atom. The second-order valence-electron chi connectivity index (χ2n) is 4.81. The second-order valence-corrected chi connectivity index (χ2v) is 5.43.